The largest absolute Gasteiger partial charge is 0.303 e. The molecule has 112 valence electrons. The van der Waals surface area contributed by atoms with Gasteiger partial charge < -0.3 is 5.32 Å². The van der Waals surface area contributed by atoms with Crippen LogP contribution >= 0.6 is 11.6 Å². The van der Waals surface area contributed by atoms with Crippen LogP contribution < -0.4 is 5.32 Å². The molecule has 1 N–H and O–H groups in total. The molecular weight excluding hydrogens is 285 g/mol. The number of benzene rings is 2. The molecule has 0 aromatic heterocycles. The molecule has 2 unspecified atom stereocenters. The van der Waals surface area contributed by atoms with Crippen molar-refractivity contribution >= 4 is 11.6 Å². The zero-order chi connectivity index (χ0) is 15.4. The van der Waals surface area contributed by atoms with Gasteiger partial charge in [0.1, 0.15) is 5.82 Å². The first-order chi connectivity index (χ1) is 10.0. The van der Waals surface area contributed by atoms with Crippen molar-refractivity contribution < 1.29 is 4.39 Å². The predicted molar refractivity (Wildman–Crippen MR) is 87.2 cm³/mol. The van der Waals surface area contributed by atoms with Crippen molar-refractivity contribution in [3.05, 3.63) is 70.0 Å². The standard InChI is InChI=1S/C18H21ClFN/c1-4-18(14-7-5-12(2)6-8-14)21-13(3)15-9-10-17(20)16(19)11-15/h5-11,13,18,21H,4H2,1-3H3. The van der Waals surface area contributed by atoms with E-state index >= 15 is 0 Å². The van der Waals surface area contributed by atoms with Crippen molar-refractivity contribution in [2.45, 2.75) is 39.3 Å². The van der Waals surface area contributed by atoms with Crippen LogP contribution in [0.5, 0.6) is 0 Å². The molecule has 2 aromatic rings. The van der Waals surface area contributed by atoms with E-state index in [1.54, 1.807) is 12.1 Å². The predicted octanol–water partition coefficient (Wildman–Crippen LogP) is 5.59. The Morgan fingerprint density at radius 1 is 1.10 bits per heavy atom. The summed E-state index contributed by atoms with van der Waals surface area (Å²) in [5.41, 5.74) is 3.52. The van der Waals surface area contributed by atoms with Crippen molar-refractivity contribution in [1.82, 2.24) is 5.32 Å². The lowest BCUT2D eigenvalue weighted by Crippen LogP contribution is -2.24. The van der Waals surface area contributed by atoms with Gasteiger partial charge in [-0.05, 0) is 43.5 Å². The van der Waals surface area contributed by atoms with Crippen molar-refractivity contribution in [3.63, 3.8) is 0 Å². The summed E-state index contributed by atoms with van der Waals surface area (Å²) < 4.78 is 13.2. The molecule has 0 radical (unpaired) electrons. The highest BCUT2D eigenvalue weighted by Crippen LogP contribution is 2.25. The third kappa shape index (κ3) is 4.05. The lowest BCUT2D eigenvalue weighted by atomic mass is 10.0. The minimum Gasteiger partial charge on any atom is -0.303 e. The number of nitrogens with one attached hydrogen (secondary N) is 1. The van der Waals surface area contributed by atoms with Gasteiger partial charge in [0.25, 0.3) is 0 Å². The molecule has 0 aliphatic heterocycles. The van der Waals surface area contributed by atoms with Crippen LogP contribution in [0.3, 0.4) is 0 Å². The number of rotatable bonds is 5. The van der Waals surface area contributed by atoms with Crippen molar-refractivity contribution in [3.8, 4) is 0 Å². The fraction of sp³-hybridized carbons (Fsp3) is 0.333. The lowest BCUT2D eigenvalue weighted by molar-refractivity contribution is 0.456. The molecule has 0 amide bonds. The summed E-state index contributed by atoms with van der Waals surface area (Å²) in [4.78, 5) is 0. The second kappa shape index (κ2) is 7.06. The fourth-order valence-electron chi connectivity index (χ4n) is 2.43. The summed E-state index contributed by atoms with van der Waals surface area (Å²) in [6.45, 7) is 6.31. The molecule has 0 spiro atoms. The first kappa shape index (κ1) is 16.0. The van der Waals surface area contributed by atoms with Crippen LogP contribution in [0.1, 0.15) is 49.0 Å². The molecule has 2 atom stereocenters. The first-order valence-electron chi connectivity index (χ1n) is 7.28. The topological polar surface area (TPSA) is 12.0 Å². The maximum Gasteiger partial charge on any atom is 0.141 e. The molecule has 0 saturated heterocycles. The fourth-order valence-corrected chi connectivity index (χ4v) is 2.62. The third-order valence-corrected chi connectivity index (χ3v) is 4.07. The average molecular weight is 306 g/mol. The van der Waals surface area contributed by atoms with Crippen molar-refractivity contribution in [2.75, 3.05) is 0 Å². The SMILES string of the molecule is CCC(NC(C)c1ccc(F)c(Cl)c1)c1ccc(C)cc1. The Morgan fingerprint density at radius 3 is 2.29 bits per heavy atom. The summed E-state index contributed by atoms with van der Waals surface area (Å²) in [7, 11) is 0. The van der Waals surface area contributed by atoms with Gasteiger partial charge in [0.05, 0.1) is 5.02 Å². The molecule has 3 heteroatoms. The summed E-state index contributed by atoms with van der Waals surface area (Å²) in [6, 6.07) is 13.8. The number of hydrogen-bond acceptors (Lipinski definition) is 1. The first-order valence-corrected chi connectivity index (χ1v) is 7.66. The van der Waals surface area contributed by atoms with Crippen LogP contribution in [0.4, 0.5) is 4.39 Å². The molecule has 0 bridgehead atoms. The minimum absolute atomic E-state index is 0.106. The summed E-state index contributed by atoms with van der Waals surface area (Å²) in [5, 5.41) is 3.76. The van der Waals surface area contributed by atoms with Crippen LogP contribution in [-0.4, -0.2) is 0 Å². The Labute approximate surface area is 131 Å². The average Bonchev–Trinajstić information content (AvgIpc) is 2.48. The van der Waals surface area contributed by atoms with E-state index in [4.69, 9.17) is 11.6 Å². The van der Waals surface area contributed by atoms with Gasteiger partial charge in [-0.2, -0.15) is 0 Å². The van der Waals surface area contributed by atoms with Gasteiger partial charge >= 0.3 is 0 Å². The van der Waals surface area contributed by atoms with E-state index < -0.39 is 0 Å². The monoisotopic (exact) mass is 305 g/mol. The lowest BCUT2D eigenvalue weighted by Gasteiger charge is -2.23. The Hall–Kier alpha value is -1.38. The van der Waals surface area contributed by atoms with E-state index in [-0.39, 0.29) is 22.9 Å². The molecule has 1 nitrogen and oxygen atoms in total. The third-order valence-electron chi connectivity index (χ3n) is 3.78. The van der Waals surface area contributed by atoms with E-state index in [2.05, 4.69) is 50.4 Å². The Kier molecular flexibility index (Phi) is 5.38. The van der Waals surface area contributed by atoms with Gasteiger partial charge in [-0.3, -0.25) is 0 Å². The smallest absolute Gasteiger partial charge is 0.141 e. The van der Waals surface area contributed by atoms with E-state index in [9.17, 15) is 4.39 Å². The summed E-state index contributed by atoms with van der Waals surface area (Å²) in [5.74, 6) is -0.377. The molecule has 0 fully saturated rings. The van der Waals surface area contributed by atoms with Crippen molar-refractivity contribution in [1.29, 1.82) is 0 Å². The highest BCUT2D eigenvalue weighted by molar-refractivity contribution is 6.30. The molecule has 21 heavy (non-hydrogen) atoms. The van der Waals surface area contributed by atoms with Gasteiger partial charge in [-0.25, -0.2) is 4.39 Å². The highest BCUT2D eigenvalue weighted by atomic mass is 35.5. The van der Waals surface area contributed by atoms with E-state index in [0.29, 0.717) is 0 Å². The van der Waals surface area contributed by atoms with E-state index in [1.807, 2.05) is 0 Å². The maximum atomic E-state index is 13.2. The number of aryl methyl sites for hydroxylation is 1. The second-order valence-corrected chi connectivity index (χ2v) is 5.84. The molecule has 0 aliphatic rings. The van der Waals surface area contributed by atoms with Crippen LogP contribution in [-0.2, 0) is 0 Å². The van der Waals surface area contributed by atoms with Gasteiger partial charge in [-0.1, -0.05) is 54.4 Å². The Morgan fingerprint density at radius 2 is 1.71 bits per heavy atom. The molecular formula is C18H21ClFN. The van der Waals surface area contributed by atoms with Gasteiger partial charge in [0, 0.05) is 12.1 Å². The molecule has 2 aromatic carbocycles. The Bertz CT molecular complexity index is 595. The number of hydrogen-bond donors (Lipinski definition) is 1. The minimum atomic E-state index is -0.377. The summed E-state index contributed by atoms with van der Waals surface area (Å²) in [6.07, 6.45) is 0.988. The van der Waals surface area contributed by atoms with Gasteiger partial charge in [0.2, 0.25) is 0 Å². The van der Waals surface area contributed by atoms with Crippen LogP contribution in [0.25, 0.3) is 0 Å². The summed E-state index contributed by atoms with van der Waals surface area (Å²) >= 11 is 5.86. The normalized spacial score (nSPS) is 14.0. The zero-order valence-corrected chi connectivity index (χ0v) is 13.4. The van der Waals surface area contributed by atoms with E-state index in [1.165, 1.54) is 17.2 Å². The zero-order valence-electron chi connectivity index (χ0n) is 12.7. The van der Waals surface area contributed by atoms with Crippen molar-refractivity contribution in [2.24, 2.45) is 0 Å². The molecule has 0 aliphatic carbocycles. The van der Waals surface area contributed by atoms with E-state index in [0.717, 1.165) is 12.0 Å². The Balaban J connectivity index is 2.13. The molecule has 2 rings (SSSR count). The van der Waals surface area contributed by atoms with Crippen LogP contribution in [0, 0.1) is 12.7 Å². The molecule has 0 heterocycles. The maximum absolute atomic E-state index is 13.2. The van der Waals surface area contributed by atoms with Crippen LogP contribution in [0.15, 0.2) is 42.5 Å². The quantitative estimate of drug-likeness (QED) is 0.759. The van der Waals surface area contributed by atoms with Crippen LogP contribution in [0.2, 0.25) is 5.02 Å². The van der Waals surface area contributed by atoms with Gasteiger partial charge in [-0.15, -0.1) is 0 Å². The molecule has 0 saturated carbocycles. The second-order valence-electron chi connectivity index (χ2n) is 5.43. The highest BCUT2D eigenvalue weighted by Gasteiger charge is 2.14. The van der Waals surface area contributed by atoms with Gasteiger partial charge in [0.15, 0.2) is 0 Å². The number of halogens is 2.